The van der Waals surface area contributed by atoms with Gasteiger partial charge in [-0.25, -0.2) is 0 Å². The molecule has 0 bridgehead atoms. The van der Waals surface area contributed by atoms with Crippen LogP contribution in [0.25, 0.3) is 95.6 Å². The van der Waals surface area contributed by atoms with Crippen molar-refractivity contribution >= 4 is 90.9 Å². The summed E-state index contributed by atoms with van der Waals surface area (Å²) in [5, 5.41) is 7.66. The Morgan fingerprint density at radius 1 is 0.270 bits per heavy atom. The van der Waals surface area contributed by atoms with Gasteiger partial charge in [-0.1, -0.05) is 206 Å². The number of benzene rings is 12. The molecule has 0 atom stereocenters. The summed E-state index contributed by atoms with van der Waals surface area (Å²) in [6.45, 7) is 0. The standard InChI is InChI=1S/C71H45NS2/c1-3-19-52(20-4-1)71(53-21-5-2-6-22-53)65-30-12-9-23-59(65)60-40-39-56(45-66(60)71)72(55-38-35-46-17-7-8-18-48(46)44-55)54-36-33-47(34-37-54)49-41-50(57-26-15-28-63-61-24-10-13-31-67(61)73-69(57)63)43-51(42-49)58-27-16-29-64-62-25-11-14-32-68(62)74-70(58)64/h1-45H. The molecule has 14 aromatic rings. The molecule has 0 saturated heterocycles. The van der Waals surface area contributed by atoms with E-state index in [-0.39, 0.29) is 0 Å². The molecule has 1 aliphatic rings. The van der Waals surface area contributed by atoms with Crippen LogP contribution in [0.4, 0.5) is 17.1 Å². The molecule has 0 radical (unpaired) electrons. The fourth-order valence-electron chi connectivity index (χ4n) is 12.2. The second-order valence-electron chi connectivity index (χ2n) is 19.5. The maximum atomic E-state index is 2.47. The van der Waals surface area contributed by atoms with Crippen molar-refractivity contribution in [3.05, 3.63) is 295 Å². The van der Waals surface area contributed by atoms with E-state index >= 15 is 0 Å². The van der Waals surface area contributed by atoms with Gasteiger partial charge < -0.3 is 4.90 Å². The van der Waals surface area contributed by atoms with Gasteiger partial charge in [-0.05, 0) is 144 Å². The number of thiophene rings is 2. The lowest BCUT2D eigenvalue weighted by Gasteiger charge is -2.35. The lowest BCUT2D eigenvalue weighted by Crippen LogP contribution is -2.28. The van der Waals surface area contributed by atoms with Gasteiger partial charge in [-0.3, -0.25) is 0 Å². The Balaban J connectivity index is 0.920. The van der Waals surface area contributed by atoms with Crippen molar-refractivity contribution in [3.63, 3.8) is 0 Å². The van der Waals surface area contributed by atoms with Crippen LogP contribution in [0.15, 0.2) is 273 Å². The Morgan fingerprint density at radius 3 is 1.39 bits per heavy atom. The van der Waals surface area contributed by atoms with Gasteiger partial charge in [0.2, 0.25) is 0 Å². The molecule has 0 unspecified atom stereocenters. The van der Waals surface area contributed by atoms with Crippen molar-refractivity contribution in [1.29, 1.82) is 0 Å². The topological polar surface area (TPSA) is 3.24 Å². The monoisotopic (exact) mass is 975 g/mol. The fraction of sp³-hybridized carbons (Fsp3) is 0.0141. The molecule has 346 valence electrons. The SMILES string of the molecule is c1ccc(C2(c3ccccc3)c3ccccc3-c3ccc(N(c4ccc(-c5cc(-c6cccc7c6sc6ccccc67)cc(-c6cccc7c6sc6ccccc67)c5)cc4)c4ccc5ccccc5c4)cc32)cc1. The summed E-state index contributed by atoms with van der Waals surface area (Å²) in [6.07, 6.45) is 0. The minimum Gasteiger partial charge on any atom is -0.310 e. The van der Waals surface area contributed by atoms with Gasteiger partial charge in [-0.15, -0.1) is 22.7 Å². The van der Waals surface area contributed by atoms with Gasteiger partial charge in [0.25, 0.3) is 0 Å². The first-order valence-electron chi connectivity index (χ1n) is 25.4. The Labute approximate surface area is 438 Å². The Morgan fingerprint density at radius 2 is 0.743 bits per heavy atom. The molecule has 74 heavy (non-hydrogen) atoms. The highest BCUT2D eigenvalue weighted by atomic mass is 32.1. The van der Waals surface area contributed by atoms with Crippen molar-refractivity contribution in [1.82, 2.24) is 0 Å². The molecule has 2 heterocycles. The van der Waals surface area contributed by atoms with Gasteiger partial charge in [0.1, 0.15) is 0 Å². The molecule has 15 rings (SSSR count). The molecule has 0 saturated carbocycles. The van der Waals surface area contributed by atoms with Crippen LogP contribution in [-0.4, -0.2) is 0 Å². The van der Waals surface area contributed by atoms with Crippen molar-refractivity contribution in [3.8, 4) is 44.5 Å². The largest absolute Gasteiger partial charge is 0.310 e. The highest BCUT2D eigenvalue weighted by molar-refractivity contribution is 7.26. The summed E-state index contributed by atoms with van der Waals surface area (Å²) >= 11 is 3.78. The van der Waals surface area contributed by atoms with E-state index in [1.165, 1.54) is 118 Å². The van der Waals surface area contributed by atoms with Gasteiger partial charge in [0.05, 0.1) is 5.41 Å². The maximum absolute atomic E-state index is 2.47. The Kier molecular flexibility index (Phi) is 9.91. The summed E-state index contributed by atoms with van der Waals surface area (Å²) in [5.74, 6) is 0. The molecule has 1 aliphatic carbocycles. The zero-order valence-corrected chi connectivity index (χ0v) is 41.9. The Hall–Kier alpha value is -8.86. The van der Waals surface area contributed by atoms with Crippen LogP contribution in [0.2, 0.25) is 0 Å². The van der Waals surface area contributed by atoms with Crippen LogP contribution in [0, 0.1) is 0 Å². The van der Waals surface area contributed by atoms with E-state index in [0.717, 1.165) is 17.1 Å². The summed E-state index contributed by atoms with van der Waals surface area (Å²) in [4.78, 5) is 2.45. The van der Waals surface area contributed by atoms with E-state index in [0.29, 0.717) is 0 Å². The molecular formula is C71H45NS2. The average Bonchev–Trinajstić information content (AvgIpc) is 4.20. The summed E-state index contributed by atoms with van der Waals surface area (Å²) in [5.41, 5.74) is 17.7. The molecule has 0 amide bonds. The highest BCUT2D eigenvalue weighted by Crippen LogP contribution is 2.57. The summed E-state index contributed by atoms with van der Waals surface area (Å²) in [7, 11) is 0. The van der Waals surface area contributed by atoms with E-state index in [1.807, 2.05) is 22.7 Å². The molecular weight excluding hydrogens is 931 g/mol. The lowest BCUT2D eigenvalue weighted by molar-refractivity contribution is 0.768. The van der Waals surface area contributed by atoms with Gasteiger partial charge in [0.15, 0.2) is 0 Å². The maximum Gasteiger partial charge on any atom is 0.0714 e. The molecule has 0 fully saturated rings. The van der Waals surface area contributed by atoms with Crippen molar-refractivity contribution in [2.45, 2.75) is 5.41 Å². The predicted octanol–water partition coefficient (Wildman–Crippen LogP) is 20.4. The van der Waals surface area contributed by atoms with E-state index in [9.17, 15) is 0 Å². The first-order chi connectivity index (χ1) is 36.7. The first kappa shape index (κ1) is 42.8. The van der Waals surface area contributed by atoms with Crippen molar-refractivity contribution < 1.29 is 0 Å². The highest BCUT2D eigenvalue weighted by Gasteiger charge is 2.46. The molecule has 1 nitrogen and oxygen atoms in total. The number of nitrogens with zero attached hydrogens (tertiary/aromatic N) is 1. The summed E-state index contributed by atoms with van der Waals surface area (Å²) < 4.78 is 5.26. The molecule has 0 spiro atoms. The van der Waals surface area contributed by atoms with Crippen LogP contribution in [0.3, 0.4) is 0 Å². The third kappa shape index (κ3) is 6.67. The number of hydrogen-bond acceptors (Lipinski definition) is 3. The molecule has 0 aliphatic heterocycles. The van der Waals surface area contributed by atoms with Gasteiger partial charge in [-0.2, -0.15) is 0 Å². The van der Waals surface area contributed by atoms with Crippen LogP contribution in [0.1, 0.15) is 22.3 Å². The van der Waals surface area contributed by atoms with Crippen LogP contribution in [-0.2, 0) is 5.41 Å². The smallest absolute Gasteiger partial charge is 0.0714 e. The number of fused-ring (bicyclic) bond motifs is 10. The van der Waals surface area contributed by atoms with Crippen molar-refractivity contribution in [2.24, 2.45) is 0 Å². The molecule has 0 N–H and O–H groups in total. The van der Waals surface area contributed by atoms with Crippen LogP contribution >= 0.6 is 22.7 Å². The molecule has 12 aromatic carbocycles. The fourth-order valence-corrected chi connectivity index (χ4v) is 14.7. The number of rotatable bonds is 8. The van der Waals surface area contributed by atoms with E-state index in [1.54, 1.807) is 0 Å². The molecule has 2 aromatic heterocycles. The normalized spacial score (nSPS) is 12.7. The van der Waals surface area contributed by atoms with E-state index < -0.39 is 5.41 Å². The number of hydrogen-bond donors (Lipinski definition) is 0. The van der Waals surface area contributed by atoms with Crippen LogP contribution < -0.4 is 4.90 Å². The zero-order valence-electron chi connectivity index (χ0n) is 40.2. The lowest BCUT2D eigenvalue weighted by atomic mass is 9.67. The third-order valence-electron chi connectivity index (χ3n) is 15.5. The van der Waals surface area contributed by atoms with E-state index in [4.69, 9.17) is 0 Å². The third-order valence-corrected chi connectivity index (χ3v) is 18.0. The number of anilines is 3. The summed E-state index contributed by atoms with van der Waals surface area (Å²) in [6, 6.07) is 102. The quantitative estimate of drug-likeness (QED) is 0.147. The minimum atomic E-state index is -0.521. The average molecular weight is 976 g/mol. The van der Waals surface area contributed by atoms with Crippen LogP contribution in [0.5, 0.6) is 0 Å². The van der Waals surface area contributed by atoms with Crippen molar-refractivity contribution in [2.75, 3.05) is 4.90 Å². The predicted molar refractivity (Wildman–Crippen MR) is 318 cm³/mol. The molecule has 3 heteroatoms. The Bertz CT molecular complexity index is 4320. The van der Waals surface area contributed by atoms with E-state index in [2.05, 4.69) is 278 Å². The second kappa shape index (κ2) is 17.1. The first-order valence-corrected chi connectivity index (χ1v) is 27.0. The van der Waals surface area contributed by atoms with Gasteiger partial charge >= 0.3 is 0 Å². The zero-order chi connectivity index (χ0) is 48.7. The van der Waals surface area contributed by atoms with Gasteiger partial charge in [0, 0.05) is 57.4 Å². The second-order valence-corrected chi connectivity index (χ2v) is 21.6. The minimum absolute atomic E-state index is 0.521.